The van der Waals surface area contributed by atoms with Crippen LogP contribution < -0.4 is 19.5 Å². The van der Waals surface area contributed by atoms with Crippen molar-refractivity contribution in [3.63, 3.8) is 0 Å². The zero-order valence-corrected chi connectivity index (χ0v) is 17.8. The molecule has 0 spiro atoms. The lowest BCUT2D eigenvalue weighted by Crippen LogP contribution is -2.13. The second kappa shape index (κ2) is 9.83. The molecule has 0 aromatic heterocycles. The maximum absolute atomic E-state index is 12.7. The molecule has 0 atom stereocenters. The molecule has 0 fully saturated rings. The van der Waals surface area contributed by atoms with Gasteiger partial charge < -0.3 is 19.5 Å². The summed E-state index contributed by atoms with van der Waals surface area (Å²) in [5.41, 5.74) is 3.32. The molecular formula is C25H27NO4. The number of hydrogen-bond donors (Lipinski definition) is 1. The molecule has 1 N–H and O–H groups in total. The molecule has 0 aliphatic heterocycles. The van der Waals surface area contributed by atoms with Crippen LogP contribution in [-0.4, -0.2) is 20.1 Å². The van der Waals surface area contributed by atoms with E-state index in [4.69, 9.17) is 14.2 Å². The van der Waals surface area contributed by atoms with Crippen molar-refractivity contribution in [2.24, 2.45) is 0 Å². The molecule has 0 unspecified atom stereocenters. The highest BCUT2D eigenvalue weighted by Gasteiger charge is 2.12. The van der Waals surface area contributed by atoms with Crippen molar-refractivity contribution in [3.05, 3.63) is 83.4 Å². The fourth-order valence-electron chi connectivity index (χ4n) is 3.02. The second-order valence-electron chi connectivity index (χ2n) is 7.22. The average Bonchev–Trinajstić information content (AvgIpc) is 2.78. The fourth-order valence-corrected chi connectivity index (χ4v) is 3.02. The minimum Gasteiger partial charge on any atom is -0.497 e. The summed E-state index contributed by atoms with van der Waals surface area (Å²) in [6.45, 7) is 4.56. The molecule has 0 aliphatic rings. The van der Waals surface area contributed by atoms with Crippen LogP contribution >= 0.6 is 0 Å². The molecule has 0 aliphatic carbocycles. The summed E-state index contributed by atoms with van der Waals surface area (Å²) >= 11 is 0. The molecule has 0 saturated heterocycles. The second-order valence-corrected chi connectivity index (χ2v) is 7.22. The summed E-state index contributed by atoms with van der Waals surface area (Å²) in [6, 6.07) is 20.6. The molecule has 0 saturated carbocycles. The first-order chi connectivity index (χ1) is 14.5. The van der Waals surface area contributed by atoms with E-state index in [2.05, 4.69) is 19.2 Å². The van der Waals surface area contributed by atoms with Crippen LogP contribution in [0.15, 0.2) is 66.7 Å². The Balaban J connectivity index is 1.71. The Bertz CT molecular complexity index is 979. The Morgan fingerprint density at radius 3 is 2.13 bits per heavy atom. The van der Waals surface area contributed by atoms with Gasteiger partial charge in [-0.15, -0.1) is 0 Å². The van der Waals surface area contributed by atoms with E-state index >= 15 is 0 Å². The maximum Gasteiger partial charge on any atom is 0.255 e. The van der Waals surface area contributed by atoms with Crippen LogP contribution in [0.4, 0.5) is 5.69 Å². The van der Waals surface area contributed by atoms with Gasteiger partial charge in [-0.2, -0.15) is 0 Å². The van der Waals surface area contributed by atoms with Crippen molar-refractivity contribution in [2.75, 3.05) is 19.5 Å². The van der Waals surface area contributed by atoms with Crippen molar-refractivity contribution in [3.8, 4) is 17.2 Å². The molecule has 156 valence electrons. The topological polar surface area (TPSA) is 56.8 Å². The highest BCUT2D eigenvalue weighted by Crippen LogP contribution is 2.24. The lowest BCUT2D eigenvalue weighted by atomic mass is 10.0. The van der Waals surface area contributed by atoms with E-state index in [-0.39, 0.29) is 12.5 Å². The third-order valence-corrected chi connectivity index (χ3v) is 4.83. The van der Waals surface area contributed by atoms with E-state index < -0.39 is 0 Å². The molecule has 1 amide bonds. The van der Waals surface area contributed by atoms with Crippen LogP contribution in [0.5, 0.6) is 17.2 Å². The molecule has 5 heteroatoms. The summed E-state index contributed by atoms with van der Waals surface area (Å²) in [5.74, 6) is 2.41. The number of anilines is 1. The highest BCUT2D eigenvalue weighted by molar-refractivity contribution is 6.04. The van der Waals surface area contributed by atoms with Gasteiger partial charge in [-0.05, 0) is 66.1 Å². The van der Waals surface area contributed by atoms with Crippen molar-refractivity contribution >= 4 is 11.6 Å². The first kappa shape index (κ1) is 21.2. The zero-order chi connectivity index (χ0) is 21.5. The number of nitrogens with one attached hydrogen (secondary N) is 1. The van der Waals surface area contributed by atoms with Crippen LogP contribution in [0.3, 0.4) is 0 Å². The Hall–Kier alpha value is -3.47. The minimum absolute atomic E-state index is 0.180. The maximum atomic E-state index is 12.7. The number of carbonyl (C=O) groups is 1. The van der Waals surface area contributed by atoms with Crippen molar-refractivity contribution in [1.82, 2.24) is 0 Å². The fraction of sp³-hybridized carbons (Fsp3) is 0.240. The minimum atomic E-state index is -0.180. The molecule has 3 rings (SSSR count). The van der Waals surface area contributed by atoms with Gasteiger partial charge in [-0.1, -0.05) is 26.0 Å². The van der Waals surface area contributed by atoms with Gasteiger partial charge in [0.25, 0.3) is 5.91 Å². The van der Waals surface area contributed by atoms with E-state index in [0.717, 1.165) is 17.0 Å². The van der Waals surface area contributed by atoms with Crippen LogP contribution in [0, 0.1) is 0 Å². The number of amides is 1. The Labute approximate surface area is 177 Å². The lowest BCUT2D eigenvalue weighted by Gasteiger charge is -2.13. The summed E-state index contributed by atoms with van der Waals surface area (Å²) in [4.78, 5) is 12.7. The van der Waals surface area contributed by atoms with E-state index in [9.17, 15) is 4.79 Å². The number of ether oxygens (including phenoxy) is 3. The smallest absolute Gasteiger partial charge is 0.255 e. The first-order valence-corrected chi connectivity index (χ1v) is 9.85. The molecule has 0 bridgehead atoms. The largest absolute Gasteiger partial charge is 0.497 e. The molecule has 30 heavy (non-hydrogen) atoms. The van der Waals surface area contributed by atoms with Crippen LogP contribution in [0.2, 0.25) is 0 Å². The van der Waals surface area contributed by atoms with E-state index in [0.29, 0.717) is 23.0 Å². The van der Waals surface area contributed by atoms with Gasteiger partial charge in [0, 0.05) is 16.8 Å². The number of benzene rings is 3. The predicted molar refractivity (Wildman–Crippen MR) is 119 cm³/mol. The Morgan fingerprint density at radius 1 is 0.867 bits per heavy atom. The zero-order valence-electron chi connectivity index (χ0n) is 17.8. The van der Waals surface area contributed by atoms with Gasteiger partial charge in [0.05, 0.1) is 14.2 Å². The van der Waals surface area contributed by atoms with Gasteiger partial charge in [0.2, 0.25) is 0 Å². The molecule has 3 aromatic rings. The monoisotopic (exact) mass is 405 g/mol. The van der Waals surface area contributed by atoms with Crippen molar-refractivity contribution < 1.29 is 19.0 Å². The lowest BCUT2D eigenvalue weighted by molar-refractivity contribution is 0.102. The summed E-state index contributed by atoms with van der Waals surface area (Å²) < 4.78 is 16.4. The molecule has 0 heterocycles. The normalized spacial score (nSPS) is 10.6. The third-order valence-electron chi connectivity index (χ3n) is 4.83. The van der Waals surface area contributed by atoms with Gasteiger partial charge in [-0.3, -0.25) is 4.79 Å². The number of hydrogen-bond acceptors (Lipinski definition) is 4. The van der Waals surface area contributed by atoms with E-state index in [1.165, 1.54) is 5.56 Å². The first-order valence-electron chi connectivity index (χ1n) is 9.85. The summed E-state index contributed by atoms with van der Waals surface area (Å²) in [6.07, 6.45) is 0. The van der Waals surface area contributed by atoms with Crippen LogP contribution in [-0.2, 0) is 6.61 Å². The average molecular weight is 405 g/mol. The Kier molecular flexibility index (Phi) is 6.96. The number of carbonyl (C=O) groups excluding carboxylic acids is 1. The van der Waals surface area contributed by atoms with Crippen LogP contribution in [0.25, 0.3) is 0 Å². The van der Waals surface area contributed by atoms with Crippen LogP contribution in [0.1, 0.15) is 41.3 Å². The number of rotatable bonds is 8. The van der Waals surface area contributed by atoms with E-state index in [1.54, 1.807) is 32.4 Å². The summed E-state index contributed by atoms with van der Waals surface area (Å²) in [7, 11) is 3.22. The van der Waals surface area contributed by atoms with Gasteiger partial charge in [0.15, 0.2) is 0 Å². The predicted octanol–water partition coefficient (Wildman–Crippen LogP) is 5.66. The molecule has 5 nitrogen and oxygen atoms in total. The molecule has 0 radical (unpaired) electrons. The van der Waals surface area contributed by atoms with Gasteiger partial charge in [0.1, 0.15) is 23.9 Å². The standard InChI is InChI=1S/C25H27NO4/c1-17(2)18-5-8-21(9-6-18)26-25(27)19-7-14-24(29-4)20(15-19)16-30-23-12-10-22(28-3)11-13-23/h5-15,17H,16H2,1-4H3,(H,26,27). The van der Waals surface area contributed by atoms with E-state index in [1.807, 2.05) is 48.5 Å². The number of methoxy groups -OCH3 is 2. The van der Waals surface area contributed by atoms with Gasteiger partial charge in [-0.25, -0.2) is 0 Å². The summed E-state index contributed by atoms with van der Waals surface area (Å²) in [5, 5.41) is 2.94. The van der Waals surface area contributed by atoms with Crippen molar-refractivity contribution in [1.29, 1.82) is 0 Å². The quantitative estimate of drug-likeness (QED) is 0.525. The third kappa shape index (κ3) is 5.32. The highest BCUT2D eigenvalue weighted by atomic mass is 16.5. The van der Waals surface area contributed by atoms with Crippen molar-refractivity contribution in [2.45, 2.75) is 26.4 Å². The molecular weight excluding hydrogens is 378 g/mol. The van der Waals surface area contributed by atoms with Gasteiger partial charge >= 0.3 is 0 Å². The molecule has 3 aromatic carbocycles. The Morgan fingerprint density at radius 2 is 1.53 bits per heavy atom. The SMILES string of the molecule is COc1ccc(OCc2cc(C(=O)Nc3ccc(C(C)C)cc3)ccc2OC)cc1.